The molecule has 0 spiro atoms. The van der Waals surface area contributed by atoms with Crippen molar-refractivity contribution in [2.24, 2.45) is 5.84 Å². The first-order valence-corrected chi connectivity index (χ1v) is 2.45. The minimum absolute atomic E-state index is 0. The first-order valence-electron chi connectivity index (χ1n) is 2.45. The van der Waals surface area contributed by atoms with E-state index in [0.717, 1.165) is 5.69 Å². The van der Waals surface area contributed by atoms with Gasteiger partial charge in [0.25, 0.3) is 0 Å². The monoisotopic (exact) mass is 168 g/mol. The molecule has 0 aliphatic rings. The van der Waals surface area contributed by atoms with Crippen molar-refractivity contribution in [3.8, 4) is 0 Å². The number of benzene rings is 1. The summed E-state index contributed by atoms with van der Waals surface area (Å²) in [5.41, 5.74) is 3.46. The summed E-state index contributed by atoms with van der Waals surface area (Å²) in [4.78, 5) is 0. The van der Waals surface area contributed by atoms with Gasteiger partial charge < -0.3 is 6.85 Å². The van der Waals surface area contributed by atoms with Crippen LogP contribution in [0.15, 0.2) is 30.3 Å². The van der Waals surface area contributed by atoms with E-state index in [4.69, 9.17) is 5.84 Å². The molecule has 0 saturated carbocycles. The van der Waals surface area contributed by atoms with Crippen molar-refractivity contribution >= 4 is 18.1 Å². The average Bonchev–Trinajstić information content (AvgIpc) is 1.90. The van der Waals surface area contributed by atoms with Gasteiger partial charge in [-0.05, 0) is 12.1 Å². The van der Waals surface area contributed by atoms with Crippen LogP contribution in [0, 0.1) is 0 Å². The van der Waals surface area contributed by atoms with Crippen molar-refractivity contribution in [1.29, 1.82) is 0 Å². The molecule has 0 aliphatic heterocycles. The van der Waals surface area contributed by atoms with E-state index < -0.39 is 0 Å². The summed E-state index contributed by atoms with van der Waals surface area (Å²) in [5.74, 6) is 5.10. The van der Waals surface area contributed by atoms with Gasteiger partial charge in [0.15, 0.2) is 0 Å². The van der Waals surface area contributed by atoms with E-state index in [1.807, 2.05) is 30.3 Å². The molecule has 2 nitrogen and oxygen atoms in total. The summed E-state index contributed by atoms with van der Waals surface area (Å²) >= 11 is 0. The van der Waals surface area contributed by atoms with Crippen molar-refractivity contribution in [2.75, 3.05) is 5.43 Å². The van der Waals surface area contributed by atoms with Crippen LogP contribution in [-0.4, -0.2) is 0 Å². The molecule has 1 aromatic carbocycles. The molecule has 0 radical (unpaired) electrons. The normalized spacial score (nSPS) is 6.90. The van der Waals surface area contributed by atoms with Crippen molar-refractivity contribution < 1.29 is 31.0 Å². The van der Waals surface area contributed by atoms with Gasteiger partial charge in [-0.15, -0.1) is 12.4 Å². The van der Waals surface area contributed by atoms with Gasteiger partial charge in [0.1, 0.15) is 0 Å². The van der Waals surface area contributed by atoms with Crippen molar-refractivity contribution in [3.05, 3.63) is 30.3 Å². The predicted octanol–water partition coefficient (Wildman–Crippen LogP) is -1.49. The number of nitrogens with two attached hydrogens (primary N) is 1. The number of nitrogen functional groups attached to an aromatic ring is 1. The smallest absolute Gasteiger partial charge is 1.00 e. The number of hydrogen-bond donors (Lipinski definition) is 2. The fourth-order valence-corrected chi connectivity index (χ4v) is 0.534. The Kier molecular flexibility index (Phi) is 9.52. The van der Waals surface area contributed by atoms with Crippen LogP contribution in [0.1, 0.15) is 1.43 Å². The summed E-state index contributed by atoms with van der Waals surface area (Å²) in [6, 6.07) is 9.60. The maximum Gasteiger partial charge on any atom is 1.00 e. The molecule has 3 N–H and O–H groups in total. The minimum Gasteiger partial charge on any atom is -1.00 e. The van der Waals surface area contributed by atoms with Gasteiger partial charge in [-0.2, -0.15) is 0 Å². The minimum atomic E-state index is 0. The predicted molar refractivity (Wildman–Crippen MR) is 42.6 cm³/mol. The van der Waals surface area contributed by atoms with E-state index in [9.17, 15) is 0 Å². The van der Waals surface area contributed by atoms with Crippen LogP contribution in [-0.2, 0) is 0 Å². The molecule has 0 unspecified atom stereocenters. The zero-order valence-corrected chi connectivity index (χ0v) is 8.69. The standard InChI is InChI=1S/C6H8N2.ClH.Na.H/c7-8-6-4-2-1-3-5-6;;;/h1-5,8H,7H2;1H;;/q;;+1;-1. The largest absolute Gasteiger partial charge is 1.00 e. The van der Waals surface area contributed by atoms with Crippen LogP contribution >= 0.6 is 12.4 Å². The number of hydrogen-bond acceptors (Lipinski definition) is 2. The van der Waals surface area contributed by atoms with Crippen LogP contribution in [0.3, 0.4) is 0 Å². The second kappa shape index (κ2) is 7.38. The Morgan fingerprint density at radius 3 is 2.00 bits per heavy atom. The van der Waals surface area contributed by atoms with Crippen LogP contribution in [0.25, 0.3) is 0 Å². The maximum atomic E-state index is 5.10. The second-order valence-electron chi connectivity index (χ2n) is 1.51. The van der Waals surface area contributed by atoms with E-state index in [1.165, 1.54) is 0 Å². The van der Waals surface area contributed by atoms with Crippen LogP contribution < -0.4 is 40.8 Å². The van der Waals surface area contributed by atoms with E-state index >= 15 is 0 Å². The molecule has 52 valence electrons. The number of nitrogens with one attached hydrogen (secondary N) is 1. The number of para-hydroxylation sites is 1. The van der Waals surface area contributed by atoms with E-state index in [1.54, 1.807) is 0 Å². The Hall–Kier alpha value is 0.270. The summed E-state index contributed by atoms with van der Waals surface area (Å²) in [7, 11) is 0. The molecule has 4 heteroatoms. The van der Waals surface area contributed by atoms with Gasteiger partial charge in [0, 0.05) is 5.69 Å². The fourth-order valence-electron chi connectivity index (χ4n) is 0.534. The fraction of sp³-hybridized carbons (Fsp3) is 0. The van der Waals surface area contributed by atoms with Crippen LogP contribution in [0.2, 0.25) is 0 Å². The van der Waals surface area contributed by atoms with Crippen molar-refractivity contribution in [3.63, 3.8) is 0 Å². The van der Waals surface area contributed by atoms with Crippen molar-refractivity contribution in [2.45, 2.75) is 0 Å². The quantitative estimate of drug-likeness (QED) is 0.305. The molecule has 10 heavy (non-hydrogen) atoms. The third-order valence-corrected chi connectivity index (χ3v) is 0.940. The first-order chi connectivity index (χ1) is 3.93. The molecule has 0 amide bonds. The number of rotatable bonds is 1. The molecule has 0 aromatic heterocycles. The Balaban J connectivity index is -0.000000213. The summed E-state index contributed by atoms with van der Waals surface area (Å²) in [6.07, 6.45) is 0. The Labute approximate surface area is 90.3 Å². The molecule has 0 bridgehead atoms. The van der Waals surface area contributed by atoms with Gasteiger partial charge in [0.2, 0.25) is 0 Å². The van der Waals surface area contributed by atoms with Gasteiger partial charge in [0.05, 0.1) is 0 Å². The molecular formula is C6H10ClN2Na. The number of hydrazine groups is 1. The van der Waals surface area contributed by atoms with Gasteiger partial charge in [-0.25, -0.2) is 0 Å². The topological polar surface area (TPSA) is 38.0 Å². The van der Waals surface area contributed by atoms with E-state index in [2.05, 4.69) is 5.43 Å². The van der Waals surface area contributed by atoms with Gasteiger partial charge in [-0.1, -0.05) is 18.2 Å². The third kappa shape index (κ3) is 4.14. The molecule has 0 aliphatic carbocycles. The first kappa shape index (κ1) is 12.9. The van der Waals surface area contributed by atoms with Crippen LogP contribution in [0.5, 0.6) is 0 Å². The molecule has 0 saturated heterocycles. The summed E-state index contributed by atoms with van der Waals surface area (Å²) in [6.45, 7) is 0. The summed E-state index contributed by atoms with van der Waals surface area (Å²) < 4.78 is 0. The van der Waals surface area contributed by atoms with Crippen molar-refractivity contribution in [1.82, 2.24) is 0 Å². The van der Waals surface area contributed by atoms with Gasteiger partial charge >= 0.3 is 29.6 Å². The third-order valence-electron chi connectivity index (χ3n) is 0.940. The zero-order chi connectivity index (χ0) is 5.82. The van der Waals surface area contributed by atoms with Gasteiger partial charge in [-0.3, -0.25) is 5.84 Å². The molecule has 0 atom stereocenters. The number of halogens is 1. The van der Waals surface area contributed by atoms with E-state index in [-0.39, 0.29) is 43.4 Å². The SMILES string of the molecule is Cl.NNc1ccccc1.[H-].[Na+]. The Morgan fingerprint density at radius 2 is 1.70 bits per heavy atom. The maximum absolute atomic E-state index is 5.10. The molecule has 1 aromatic rings. The van der Waals surface area contributed by atoms with E-state index in [0.29, 0.717) is 0 Å². The molecule has 1 rings (SSSR count). The molecular weight excluding hydrogens is 159 g/mol. The summed E-state index contributed by atoms with van der Waals surface area (Å²) in [5, 5.41) is 0. The van der Waals surface area contributed by atoms with Crippen LogP contribution in [0.4, 0.5) is 5.69 Å². The Morgan fingerprint density at radius 1 is 1.20 bits per heavy atom. The second-order valence-corrected chi connectivity index (χ2v) is 1.51. The average molecular weight is 169 g/mol. The molecule has 0 fully saturated rings. The number of anilines is 1. The molecule has 0 heterocycles. The zero-order valence-electron chi connectivity index (χ0n) is 6.87. The Bertz CT molecular complexity index is 162.